The number of pyridine rings is 1. The first-order valence-electron chi connectivity index (χ1n) is 8.49. The second kappa shape index (κ2) is 7.94. The molecule has 3 heterocycles. The van der Waals surface area contributed by atoms with E-state index in [4.69, 9.17) is 27.9 Å². The Morgan fingerprint density at radius 2 is 1.83 bits per heavy atom. The third-order valence-corrected chi connectivity index (χ3v) is 5.76. The number of fused-ring (bicyclic) bond motifs is 1. The summed E-state index contributed by atoms with van der Waals surface area (Å²) in [7, 11) is 0. The number of aryl methyl sites for hydroxylation is 1. The third-order valence-electron chi connectivity index (χ3n) is 4.10. The molecule has 1 aromatic carbocycles. The van der Waals surface area contributed by atoms with Gasteiger partial charge in [-0.3, -0.25) is 9.20 Å². The van der Waals surface area contributed by atoms with Crippen LogP contribution < -0.4 is 5.56 Å². The highest BCUT2D eigenvalue weighted by molar-refractivity contribution is 7.17. The van der Waals surface area contributed by atoms with E-state index < -0.39 is 5.97 Å². The number of benzene rings is 1. The second-order valence-electron chi connectivity index (χ2n) is 6.18. The molecule has 0 atom stereocenters. The number of carbonyl (C=O) groups excluding carboxylic acids is 1. The molecule has 3 aromatic heterocycles. The quantitative estimate of drug-likeness (QED) is 0.422. The van der Waals surface area contributed by atoms with E-state index in [-0.39, 0.29) is 12.2 Å². The van der Waals surface area contributed by atoms with Crippen LogP contribution in [0.2, 0.25) is 10.0 Å². The number of hydrogen-bond acceptors (Lipinski definition) is 6. The Labute approximate surface area is 179 Å². The number of carbonyl (C=O) groups is 1. The summed E-state index contributed by atoms with van der Waals surface area (Å²) in [5, 5.41) is 1.76. The van der Waals surface area contributed by atoms with Gasteiger partial charge in [0, 0.05) is 22.8 Å². The smallest absolute Gasteiger partial charge is 0.350 e. The van der Waals surface area contributed by atoms with Crippen molar-refractivity contribution in [1.82, 2.24) is 14.4 Å². The summed E-state index contributed by atoms with van der Waals surface area (Å²) in [4.78, 5) is 33.9. The van der Waals surface area contributed by atoms with Crippen LogP contribution in [0.3, 0.4) is 0 Å². The summed E-state index contributed by atoms with van der Waals surface area (Å²) in [5.41, 5.74) is 1.91. The van der Waals surface area contributed by atoms with Crippen LogP contribution in [0.5, 0.6) is 0 Å². The molecule has 0 aliphatic rings. The fraction of sp³-hybridized carbons (Fsp3) is 0.100. The summed E-state index contributed by atoms with van der Waals surface area (Å²) in [6.45, 7) is 1.62. The van der Waals surface area contributed by atoms with Gasteiger partial charge in [-0.05, 0) is 31.2 Å². The minimum atomic E-state index is -0.515. The lowest BCUT2D eigenvalue weighted by atomic mass is 10.2. The summed E-state index contributed by atoms with van der Waals surface area (Å²) in [6.07, 6.45) is 1.49. The van der Waals surface area contributed by atoms with Gasteiger partial charge in [0.05, 0.1) is 16.4 Å². The van der Waals surface area contributed by atoms with Gasteiger partial charge >= 0.3 is 5.97 Å². The predicted molar refractivity (Wildman–Crippen MR) is 113 cm³/mol. The lowest BCUT2D eigenvalue weighted by molar-refractivity contribution is 0.0472. The molecule has 6 nitrogen and oxygen atoms in total. The van der Waals surface area contributed by atoms with E-state index in [1.54, 1.807) is 31.2 Å². The summed E-state index contributed by atoms with van der Waals surface area (Å²) in [6, 6.07) is 11.8. The highest BCUT2D eigenvalue weighted by atomic mass is 35.5. The van der Waals surface area contributed by atoms with Crippen molar-refractivity contribution in [3.63, 3.8) is 0 Å². The van der Waals surface area contributed by atoms with Crippen molar-refractivity contribution < 1.29 is 9.53 Å². The van der Waals surface area contributed by atoms with Crippen LogP contribution in [-0.4, -0.2) is 20.3 Å². The van der Waals surface area contributed by atoms with Gasteiger partial charge in [-0.15, -0.1) is 11.3 Å². The van der Waals surface area contributed by atoms with Gasteiger partial charge in [-0.1, -0.05) is 35.3 Å². The van der Waals surface area contributed by atoms with Gasteiger partial charge < -0.3 is 4.74 Å². The Morgan fingerprint density at radius 1 is 1.10 bits per heavy atom. The molecule has 0 amide bonds. The summed E-state index contributed by atoms with van der Waals surface area (Å²) >= 11 is 13.1. The molecule has 0 N–H and O–H groups in total. The van der Waals surface area contributed by atoms with Crippen molar-refractivity contribution >= 4 is 46.2 Å². The monoisotopic (exact) mass is 445 g/mol. The molecule has 146 valence electrons. The normalized spacial score (nSPS) is 11.0. The first kappa shape index (κ1) is 19.6. The van der Waals surface area contributed by atoms with E-state index in [1.807, 2.05) is 12.1 Å². The maximum atomic E-state index is 12.5. The van der Waals surface area contributed by atoms with E-state index in [0.717, 1.165) is 5.56 Å². The van der Waals surface area contributed by atoms with Crippen LogP contribution in [0.4, 0.5) is 0 Å². The Balaban J connectivity index is 1.53. The topological polar surface area (TPSA) is 73.6 Å². The number of halogens is 2. The zero-order chi connectivity index (χ0) is 20.5. The molecular weight excluding hydrogens is 433 g/mol. The zero-order valence-electron chi connectivity index (χ0n) is 15.1. The number of hydrogen-bond donors (Lipinski definition) is 0. The van der Waals surface area contributed by atoms with Gasteiger partial charge in [0.1, 0.15) is 22.1 Å². The molecule has 0 fully saturated rings. The lowest BCUT2D eigenvalue weighted by Crippen LogP contribution is -2.16. The number of rotatable bonds is 4. The standard InChI is InChI=1S/C20H13Cl2N3O3S/c1-11-18(29-19(23-11)12-2-4-13(21)5-3-12)20(27)28-10-15-8-17(26)25-9-14(22)6-7-16(25)24-15/h2-9H,10H2,1H3. The molecule has 29 heavy (non-hydrogen) atoms. The van der Waals surface area contributed by atoms with Gasteiger partial charge in [-0.25, -0.2) is 14.8 Å². The van der Waals surface area contributed by atoms with Crippen molar-refractivity contribution in [2.24, 2.45) is 0 Å². The van der Waals surface area contributed by atoms with Crippen LogP contribution in [-0.2, 0) is 11.3 Å². The van der Waals surface area contributed by atoms with Crippen molar-refractivity contribution in [1.29, 1.82) is 0 Å². The molecule has 4 rings (SSSR count). The maximum absolute atomic E-state index is 12.5. The summed E-state index contributed by atoms with van der Waals surface area (Å²) in [5.74, 6) is -0.515. The molecule has 0 radical (unpaired) electrons. The molecule has 0 spiro atoms. The molecule has 0 saturated carbocycles. The van der Waals surface area contributed by atoms with E-state index in [9.17, 15) is 9.59 Å². The second-order valence-corrected chi connectivity index (χ2v) is 8.05. The molecule has 0 saturated heterocycles. The minimum Gasteiger partial charge on any atom is -0.455 e. The zero-order valence-corrected chi connectivity index (χ0v) is 17.4. The summed E-state index contributed by atoms with van der Waals surface area (Å²) < 4.78 is 6.70. The molecule has 9 heteroatoms. The van der Waals surface area contributed by atoms with Crippen LogP contribution in [0.15, 0.2) is 53.5 Å². The molecule has 0 aliphatic heterocycles. The van der Waals surface area contributed by atoms with Crippen molar-refractivity contribution in [2.75, 3.05) is 0 Å². The molecule has 0 aliphatic carbocycles. The van der Waals surface area contributed by atoms with Gasteiger partial charge in [0.25, 0.3) is 5.56 Å². The number of thiazole rings is 1. The van der Waals surface area contributed by atoms with E-state index >= 15 is 0 Å². The highest BCUT2D eigenvalue weighted by Crippen LogP contribution is 2.29. The van der Waals surface area contributed by atoms with E-state index in [1.165, 1.54) is 28.0 Å². The van der Waals surface area contributed by atoms with E-state index in [0.29, 0.717) is 37.0 Å². The predicted octanol–water partition coefficient (Wildman–Crippen LogP) is 4.79. The Kier molecular flexibility index (Phi) is 5.36. The largest absolute Gasteiger partial charge is 0.455 e. The van der Waals surface area contributed by atoms with E-state index in [2.05, 4.69) is 9.97 Å². The molecule has 0 unspecified atom stereocenters. The first-order chi connectivity index (χ1) is 13.9. The van der Waals surface area contributed by atoms with Crippen LogP contribution in [0.25, 0.3) is 16.2 Å². The van der Waals surface area contributed by atoms with Crippen molar-refractivity contribution in [3.05, 3.63) is 85.3 Å². The first-order valence-corrected chi connectivity index (χ1v) is 10.1. The van der Waals surface area contributed by atoms with Crippen molar-refractivity contribution in [2.45, 2.75) is 13.5 Å². The fourth-order valence-electron chi connectivity index (χ4n) is 2.71. The SMILES string of the molecule is Cc1nc(-c2ccc(Cl)cc2)sc1C(=O)OCc1cc(=O)n2cc(Cl)ccc2n1. The number of esters is 1. The number of ether oxygens (including phenoxy) is 1. The van der Waals surface area contributed by atoms with Gasteiger partial charge in [0.2, 0.25) is 0 Å². The minimum absolute atomic E-state index is 0.124. The van der Waals surface area contributed by atoms with Crippen molar-refractivity contribution in [3.8, 4) is 10.6 Å². The average molecular weight is 446 g/mol. The molecular formula is C20H13Cl2N3O3S. The average Bonchev–Trinajstić information content (AvgIpc) is 3.09. The van der Waals surface area contributed by atoms with Gasteiger partial charge in [0.15, 0.2) is 0 Å². The Bertz CT molecular complexity index is 1280. The number of nitrogens with zero attached hydrogens (tertiary/aromatic N) is 3. The van der Waals surface area contributed by atoms with Crippen LogP contribution >= 0.6 is 34.5 Å². The lowest BCUT2D eigenvalue weighted by Gasteiger charge is -2.05. The number of aromatic nitrogens is 3. The maximum Gasteiger partial charge on any atom is 0.350 e. The Hall–Kier alpha value is -2.74. The Morgan fingerprint density at radius 3 is 2.59 bits per heavy atom. The van der Waals surface area contributed by atoms with Crippen LogP contribution in [0.1, 0.15) is 21.1 Å². The van der Waals surface area contributed by atoms with Gasteiger partial charge in [-0.2, -0.15) is 0 Å². The fourth-order valence-corrected chi connectivity index (χ4v) is 3.96. The highest BCUT2D eigenvalue weighted by Gasteiger charge is 2.18. The molecule has 4 aromatic rings. The van der Waals surface area contributed by atoms with Crippen LogP contribution in [0, 0.1) is 6.92 Å². The third kappa shape index (κ3) is 4.17. The molecule has 0 bridgehead atoms.